The number of esters is 1. The molecule has 194 valence electrons. The molecule has 2 aromatic carbocycles. The van der Waals surface area contributed by atoms with Gasteiger partial charge in [-0.2, -0.15) is 0 Å². The van der Waals surface area contributed by atoms with Gasteiger partial charge in [0, 0.05) is 12.5 Å². The van der Waals surface area contributed by atoms with Crippen LogP contribution in [0.1, 0.15) is 37.8 Å². The van der Waals surface area contributed by atoms with Crippen LogP contribution < -0.4 is 10.6 Å². The average Bonchev–Trinajstić information content (AvgIpc) is 3.17. The number of carbonyl (C=O) groups is 2. The summed E-state index contributed by atoms with van der Waals surface area (Å²) in [6, 6.07) is 15.5. The SMILES string of the molecule is C=CCOC(=O)CNCC(O)[C@H](COC(C)(C)C)NC(=O)OCC1c2ccccc2-c2ccccc21. The molecule has 0 saturated carbocycles. The molecule has 0 spiro atoms. The van der Waals surface area contributed by atoms with Gasteiger partial charge in [0.25, 0.3) is 0 Å². The first-order chi connectivity index (χ1) is 17.2. The first-order valence-electron chi connectivity index (χ1n) is 12.1. The fraction of sp³-hybridized carbons (Fsp3) is 0.429. The number of hydrogen-bond acceptors (Lipinski definition) is 7. The molecule has 0 radical (unpaired) electrons. The summed E-state index contributed by atoms with van der Waals surface area (Å²) in [4.78, 5) is 24.4. The fourth-order valence-corrected chi connectivity index (χ4v) is 4.05. The molecule has 0 aromatic heterocycles. The van der Waals surface area contributed by atoms with Crippen molar-refractivity contribution >= 4 is 12.1 Å². The highest BCUT2D eigenvalue weighted by molar-refractivity contribution is 5.79. The van der Waals surface area contributed by atoms with E-state index in [2.05, 4.69) is 41.5 Å². The largest absolute Gasteiger partial charge is 0.461 e. The van der Waals surface area contributed by atoms with Crippen molar-refractivity contribution in [3.8, 4) is 11.1 Å². The second kappa shape index (κ2) is 12.7. The predicted octanol–water partition coefficient (Wildman–Crippen LogP) is 3.39. The molecule has 3 N–H and O–H groups in total. The zero-order chi connectivity index (χ0) is 26.1. The van der Waals surface area contributed by atoms with E-state index >= 15 is 0 Å². The molecule has 0 bridgehead atoms. The summed E-state index contributed by atoms with van der Waals surface area (Å²) in [5.41, 5.74) is 4.06. The van der Waals surface area contributed by atoms with Gasteiger partial charge in [-0.25, -0.2) is 4.79 Å². The van der Waals surface area contributed by atoms with Crippen molar-refractivity contribution in [1.29, 1.82) is 0 Å². The maximum Gasteiger partial charge on any atom is 0.407 e. The Labute approximate surface area is 212 Å². The van der Waals surface area contributed by atoms with Gasteiger partial charge in [-0.1, -0.05) is 61.2 Å². The Balaban J connectivity index is 1.59. The topological polar surface area (TPSA) is 106 Å². The third kappa shape index (κ3) is 7.65. The molecule has 2 aromatic rings. The van der Waals surface area contributed by atoms with E-state index in [1.807, 2.05) is 45.0 Å². The minimum absolute atomic E-state index is 0.0466. The van der Waals surface area contributed by atoms with Gasteiger partial charge in [0.2, 0.25) is 0 Å². The van der Waals surface area contributed by atoms with Crippen LogP contribution in [-0.2, 0) is 19.0 Å². The zero-order valence-corrected chi connectivity index (χ0v) is 21.2. The standard InChI is InChI=1S/C28H36N2O6/c1-5-14-34-26(32)16-29-15-25(31)24(18-36-28(2,3)4)30-27(33)35-17-23-21-12-8-6-10-19(21)20-11-7-9-13-22(20)23/h5-13,23-25,29,31H,1,14-18H2,2-4H3,(H,30,33)/t24-,25?/m0/s1. The van der Waals surface area contributed by atoms with Crippen molar-refractivity contribution in [2.75, 3.05) is 32.9 Å². The second-order valence-electron chi connectivity index (χ2n) is 9.67. The van der Waals surface area contributed by atoms with Crippen molar-refractivity contribution in [3.05, 3.63) is 72.3 Å². The van der Waals surface area contributed by atoms with Crippen molar-refractivity contribution < 1.29 is 28.9 Å². The van der Waals surface area contributed by atoms with E-state index in [1.165, 1.54) is 6.08 Å². The van der Waals surface area contributed by atoms with E-state index in [9.17, 15) is 14.7 Å². The van der Waals surface area contributed by atoms with Crippen molar-refractivity contribution in [1.82, 2.24) is 10.6 Å². The first-order valence-corrected chi connectivity index (χ1v) is 12.1. The van der Waals surface area contributed by atoms with Crippen LogP contribution in [-0.4, -0.2) is 67.8 Å². The van der Waals surface area contributed by atoms with Crippen LogP contribution in [0.2, 0.25) is 0 Å². The molecule has 0 heterocycles. The van der Waals surface area contributed by atoms with Crippen LogP contribution in [0.5, 0.6) is 0 Å². The van der Waals surface area contributed by atoms with Gasteiger partial charge >= 0.3 is 12.1 Å². The van der Waals surface area contributed by atoms with Gasteiger partial charge < -0.3 is 30.0 Å². The molecular formula is C28H36N2O6. The van der Waals surface area contributed by atoms with Crippen LogP contribution >= 0.6 is 0 Å². The van der Waals surface area contributed by atoms with Crippen LogP contribution in [0.15, 0.2) is 61.2 Å². The molecule has 0 fully saturated rings. The molecule has 2 atom stereocenters. The molecule has 1 amide bonds. The number of fused-ring (bicyclic) bond motifs is 3. The minimum atomic E-state index is -1.03. The molecule has 3 rings (SSSR count). The molecule has 0 saturated heterocycles. The molecule has 1 unspecified atom stereocenters. The summed E-state index contributed by atoms with van der Waals surface area (Å²) in [5.74, 6) is -0.533. The highest BCUT2D eigenvalue weighted by atomic mass is 16.6. The number of aliphatic hydroxyl groups is 1. The Bertz CT molecular complexity index is 1000. The van der Waals surface area contributed by atoms with Crippen molar-refractivity contribution in [2.24, 2.45) is 0 Å². The predicted molar refractivity (Wildman–Crippen MR) is 138 cm³/mol. The molecule has 8 nitrogen and oxygen atoms in total. The smallest absolute Gasteiger partial charge is 0.407 e. The lowest BCUT2D eigenvalue weighted by molar-refractivity contribution is -0.141. The quantitative estimate of drug-likeness (QED) is 0.306. The number of rotatable bonds is 12. The van der Waals surface area contributed by atoms with Crippen molar-refractivity contribution in [2.45, 2.75) is 44.4 Å². The summed E-state index contributed by atoms with van der Waals surface area (Å²) < 4.78 is 16.3. The maximum absolute atomic E-state index is 12.8. The first kappa shape index (κ1) is 27.4. The number of nitrogens with one attached hydrogen (secondary N) is 2. The Kier molecular flexibility index (Phi) is 9.64. The lowest BCUT2D eigenvalue weighted by Crippen LogP contribution is -2.51. The molecule has 1 aliphatic rings. The van der Waals surface area contributed by atoms with Gasteiger partial charge in [-0.05, 0) is 43.0 Å². The summed E-state index contributed by atoms with van der Waals surface area (Å²) in [6.07, 6.45) is -0.200. The van der Waals surface area contributed by atoms with E-state index in [1.54, 1.807) is 0 Å². The van der Waals surface area contributed by atoms with Crippen LogP contribution in [0.3, 0.4) is 0 Å². The molecule has 8 heteroatoms. The third-order valence-electron chi connectivity index (χ3n) is 5.79. The van der Waals surface area contributed by atoms with Gasteiger partial charge in [-0.3, -0.25) is 4.79 Å². The summed E-state index contributed by atoms with van der Waals surface area (Å²) in [6.45, 7) is 9.47. The average molecular weight is 497 g/mol. The summed E-state index contributed by atoms with van der Waals surface area (Å²) >= 11 is 0. The fourth-order valence-electron chi connectivity index (χ4n) is 4.05. The van der Waals surface area contributed by atoms with Crippen molar-refractivity contribution in [3.63, 3.8) is 0 Å². The van der Waals surface area contributed by atoms with Gasteiger partial charge in [-0.15, -0.1) is 0 Å². The lowest BCUT2D eigenvalue weighted by Gasteiger charge is -2.28. The van der Waals surface area contributed by atoms with E-state index < -0.39 is 29.8 Å². The molecule has 0 aliphatic heterocycles. The lowest BCUT2D eigenvalue weighted by atomic mass is 9.98. The van der Waals surface area contributed by atoms with Gasteiger partial charge in [0.15, 0.2) is 0 Å². The van der Waals surface area contributed by atoms with E-state index in [-0.39, 0.29) is 38.8 Å². The van der Waals surface area contributed by atoms with E-state index in [4.69, 9.17) is 14.2 Å². The second-order valence-corrected chi connectivity index (χ2v) is 9.67. The molecular weight excluding hydrogens is 460 g/mol. The number of amides is 1. The normalized spacial score (nSPS) is 14.3. The van der Waals surface area contributed by atoms with Crippen LogP contribution in [0, 0.1) is 0 Å². The molecule has 1 aliphatic carbocycles. The number of aliphatic hydroxyl groups excluding tert-OH is 1. The number of ether oxygens (including phenoxy) is 3. The van der Waals surface area contributed by atoms with Gasteiger partial charge in [0.05, 0.1) is 30.9 Å². The number of benzene rings is 2. The number of carbonyl (C=O) groups excluding carboxylic acids is 2. The third-order valence-corrected chi connectivity index (χ3v) is 5.79. The minimum Gasteiger partial charge on any atom is -0.461 e. The number of alkyl carbamates (subject to hydrolysis) is 1. The van der Waals surface area contributed by atoms with Gasteiger partial charge in [0.1, 0.15) is 13.2 Å². The zero-order valence-electron chi connectivity index (χ0n) is 21.2. The molecule has 36 heavy (non-hydrogen) atoms. The monoisotopic (exact) mass is 496 g/mol. The Morgan fingerprint density at radius 2 is 1.67 bits per heavy atom. The Morgan fingerprint density at radius 3 is 2.25 bits per heavy atom. The summed E-state index contributed by atoms with van der Waals surface area (Å²) in [5, 5.41) is 16.3. The Hall–Kier alpha value is -3.20. The summed E-state index contributed by atoms with van der Waals surface area (Å²) in [7, 11) is 0. The highest BCUT2D eigenvalue weighted by Crippen LogP contribution is 2.44. The van der Waals surface area contributed by atoms with E-state index in [0.29, 0.717) is 0 Å². The highest BCUT2D eigenvalue weighted by Gasteiger charge is 2.30. The Morgan fingerprint density at radius 1 is 1.06 bits per heavy atom. The van der Waals surface area contributed by atoms with E-state index in [0.717, 1.165) is 22.3 Å². The number of hydrogen-bond donors (Lipinski definition) is 3. The maximum atomic E-state index is 12.8. The van der Waals surface area contributed by atoms with Crippen LogP contribution in [0.4, 0.5) is 4.79 Å². The van der Waals surface area contributed by atoms with Crippen LogP contribution in [0.25, 0.3) is 11.1 Å².